The van der Waals surface area contributed by atoms with Gasteiger partial charge in [-0.1, -0.05) is 0 Å². The lowest BCUT2D eigenvalue weighted by atomic mass is 10.1. The largest absolute Gasteiger partial charge is 0.487 e. The maximum absolute atomic E-state index is 11.5. The molecule has 1 saturated heterocycles. The fourth-order valence-electron chi connectivity index (χ4n) is 1.63. The first-order chi connectivity index (χ1) is 7.77. The van der Waals surface area contributed by atoms with E-state index in [0.717, 1.165) is 19.4 Å². The van der Waals surface area contributed by atoms with Crippen molar-refractivity contribution in [1.29, 1.82) is 0 Å². The number of ether oxygens (including phenoxy) is 3. The van der Waals surface area contributed by atoms with Gasteiger partial charge in [0, 0.05) is 6.61 Å². The Morgan fingerprint density at radius 3 is 2.69 bits per heavy atom. The molecule has 0 aromatic rings. The van der Waals surface area contributed by atoms with Crippen LogP contribution in [0.2, 0.25) is 0 Å². The quantitative estimate of drug-likeness (QED) is 0.396. The summed E-state index contributed by atoms with van der Waals surface area (Å²) in [5, 5.41) is 0. The zero-order chi connectivity index (χ0) is 11.8. The van der Waals surface area contributed by atoms with Gasteiger partial charge < -0.3 is 14.2 Å². The van der Waals surface area contributed by atoms with Crippen molar-refractivity contribution < 1.29 is 19.0 Å². The summed E-state index contributed by atoms with van der Waals surface area (Å²) in [5.41, 5.74) is 0. The summed E-state index contributed by atoms with van der Waals surface area (Å²) < 4.78 is 15.6. The second-order valence-electron chi connectivity index (χ2n) is 3.59. The lowest BCUT2D eigenvalue weighted by molar-refractivity contribution is -0.142. The van der Waals surface area contributed by atoms with Gasteiger partial charge in [-0.15, -0.1) is 0 Å². The zero-order valence-electron chi connectivity index (χ0n) is 10.0. The number of carbonyl (C=O) groups excluding carboxylic acids is 1. The second kappa shape index (κ2) is 7.28. The molecule has 4 heteroatoms. The van der Waals surface area contributed by atoms with Crippen molar-refractivity contribution in [3.8, 4) is 0 Å². The Morgan fingerprint density at radius 2 is 2.12 bits per heavy atom. The molecule has 0 spiro atoms. The SMILES string of the molecule is CCOC(=O)C(=CCC1CCCO1)OCC. The fourth-order valence-corrected chi connectivity index (χ4v) is 1.63. The van der Waals surface area contributed by atoms with Crippen molar-refractivity contribution in [1.82, 2.24) is 0 Å². The topological polar surface area (TPSA) is 44.8 Å². The van der Waals surface area contributed by atoms with Gasteiger partial charge in [0.15, 0.2) is 0 Å². The van der Waals surface area contributed by atoms with Crippen molar-refractivity contribution in [3.05, 3.63) is 11.8 Å². The molecule has 1 heterocycles. The Hall–Kier alpha value is -1.03. The van der Waals surface area contributed by atoms with Crippen molar-refractivity contribution in [2.45, 2.75) is 39.2 Å². The van der Waals surface area contributed by atoms with Gasteiger partial charge >= 0.3 is 5.97 Å². The molecule has 16 heavy (non-hydrogen) atoms. The van der Waals surface area contributed by atoms with Crippen LogP contribution >= 0.6 is 0 Å². The van der Waals surface area contributed by atoms with Crippen molar-refractivity contribution in [2.24, 2.45) is 0 Å². The number of carbonyl (C=O) groups is 1. The van der Waals surface area contributed by atoms with Gasteiger partial charge in [-0.25, -0.2) is 4.79 Å². The highest BCUT2D eigenvalue weighted by molar-refractivity contribution is 5.86. The average molecular weight is 228 g/mol. The smallest absolute Gasteiger partial charge is 0.373 e. The monoisotopic (exact) mass is 228 g/mol. The van der Waals surface area contributed by atoms with Crippen molar-refractivity contribution in [3.63, 3.8) is 0 Å². The van der Waals surface area contributed by atoms with Crippen LogP contribution < -0.4 is 0 Å². The predicted molar refractivity (Wildman–Crippen MR) is 59.9 cm³/mol. The molecule has 92 valence electrons. The molecule has 1 fully saturated rings. The van der Waals surface area contributed by atoms with Crippen LogP contribution in [0.4, 0.5) is 0 Å². The normalized spacial score (nSPS) is 20.9. The van der Waals surface area contributed by atoms with Gasteiger partial charge in [0.05, 0.1) is 19.3 Å². The Balaban J connectivity index is 2.46. The molecule has 1 atom stereocenters. The standard InChI is InChI=1S/C12H20O4/c1-3-14-11(12(13)15-4-2)8-7-10-6-5-9-16-10/h8,10H,3-7,9H2,1-2H3. The van der Waals surface area contributed by atoms with E-state index in [-0.39, 0.29) is 12.1 Å². The highest BCUT2D eigenvalue weighted by Gasteiger charge is 2.17. The third kappa shape index (κ3) is 4.23. The predicted octanol–water partition coefficient (Wildman–Crippen LogP) is 2.04. The van der Waals surface area contributed by atoms with Crippen LogP contribution in [0.3, 0.4) is 0 Å². The Morgan fingerprint density at radius 1 is 1.38 bits per heavy atom. The molecule has 0 amide bonds. The molecule has 1 rings (SSSR count). The van der Waals surface area contributed by atoms with Crippen LogP contribution in [0.5, 0.6) is 0 Å². The molecule has 0 N–H and O–H groups in total. The minimum atomic E-state index is -0.387. The van der Waals surface area contributed by atoms with Gasteiger partial charge in [0.2, 0.25) is 5.76 Å². The molecule has 0 saturated carbocycles. The van der Waals surface area contributed by atoms with Gasteiger partial charge in [0.25, 0.3) is 0 Å². The van der Waals surface area contributed by atoms with Crippen molar-refractivity contribution >= 4 is 5.97 Å². The number of hydrogen-bond acceptors (Lipinski definition) is 4. The van der Waals surface area contributed by atoms with Gasteiger partial charge in [-0.05, 0) is 39.2 Å². The van der Waals surface area contributed by atoms with E-state index in [1.807, 2.05) is 6.92 Å². The third-order valence-electron chi connectivity index (χ3n) is 2.37. The maximum Gasteiger partial charge on any atom is 0.373 e. The molecule has 0 aromatic carbocycles. The summed E-state index contributed by atoms with van der Waals surface area (Å²) in [6.07, 6.45) is 4.87. The van der Waals surface area contributed by atoms with Gasteiger partial charge in [-0.2, -0.15) is 0 Å². The lowest BCUT2D eigenvalue weighted by Gasteiger charge is -2.09. The van der Waals surface area contributed by atoms with E-state index >= 15 is 0 Å². The van der Waals surface area contributed by atoms with E-state index < -0.39 is 0 Å². The van der Waals surface area contributed by atoms with Crippen LogP contribution in [0.25, 0.3) is 0 Å². The van der Waals surface area contributed by atoms with Crippen LogP contribution in [0, 0.1) is 0 Å². The molecule has 0 bridgehead atoms. The zero-order valence-corrected chi connectivity index (χ0v) is 10.0. The Kier molecular flexibility index (Phi) is 5.93. The van der Waals surface area contributed by atoms with Gasteiger partial charge in [0.1, 0.15) is 0 Å². The molecular formula is C12H20O4. The summed E-state index contributed by atoms with van der Waals surface area (Å²) >= 11 is 0. The van der Waals surface area contributed by atoms with E-state index in [2.05, 4.69) is 0 Å². The first-order valence-corrected chi connectivity index (χ1v) is 5.89. The Bertz CT molecular complexity index is 241. The molecular weight excluding hydrogens is 208 g/mol. The highest BCUT2D eigenvalue weighted by atomic mass is 16.6. The van der Waals surface area contributed by atoms with E-state index in [0.29, 0.717) is 25.4 Å². The van der Waals surface area contributed by atoms with Crippen LogP contribution in [0.1, 0.15) is 33.1 Å². The third-order valence-corrected chi connectivity index (χ3v) is 2.37. The van der Waals surface area contributed by atoms with Crippen LogP contribution in [-0.2, 0) is 19.0 Å². The van der Waals surface area contributed by atoms with E-state index in [1.165, 1.54) is 0 Å². The van der Waals surface area contributed by atoms with Crippen molar-refractivity contribution in [2.75, 3.05) is 19.8 Å². The molecule has 4 nitrogen and oxygen atoms in total. The first-order valence-electron chi connectivity index (χ1n) is 5.89. The van der Waals surface area contributed by atoms with Gasteiger partial charge in [-0.3, -0.25) is 0 Å². The minimum absolute atomic E-state index is 0.227. The summed E-state index contributed by atoms with van der Waals surface area (Å²) in [4.78, 5) is 11.5. The number of esters is 1. The first kappa shape index (κ1) is 13.0. The molecule has 0 radical (unpaired) electrons. The fraction of sp³-hybridized carbons (Fsp3) is 0.750. The summed E-state index contributed by atoms with van der Waals surface area (Å²) in [7, 11) is 0. The van der Waals surface area contributed by atoms with E-state index in [1.54, 1.807) is 13.0 Å². The molecule has 1 aliphatic rings. The Labute approximate surface area is 96.6 Å². The molecule has 0 aromatic heterocycles. The molecule has 1 unspecified atom stereocenters. The molecule has 0 aliphatic carbocycles. The maximum atomic E-state index is 11.5. The molecule has 1 aliphatic heterocycles. The number of hydrogen-bond donors (Lipinski definition) is 0. The van der Waals surface area contributed by atoms with E-state index in [9.17, 15) is 4.79 Å². The minimum Gasteiger partial charge on any atom is -0.487 e. The number of rotatable bonds is 6. The van der Waals surface area contributed by atoms with Crippen LogP contribution in [0.15, 0.2) is 11.8 Å². The highest BCUT2D eigenvalue weighted by Crippen LogP contribution is 2.17. The average Bonchev–Trinajstić information content (AvgIpc) is 2.77. The van der Waals surface area contributed by atoms with Crippen LogP contribution in [-0.4, -0.2) is 31.9 Å². The van der Waals surface area contributed by atoms with E-state index in [4.69, 9.17) is 14.2 Å². The second-order valence-corrected chi connectivity index (χ2v) is 3.59. The summed E-state index contributed by atoms with van der Waals surface area (Å²) in [6.45, 7) is 5.28. The summed E-state index contributed by atoms with van der Waals surface area (Å²) in [6, 6.07) is 0. The lowest BCUT2D eigenvalue weighted by Crippen LogP contribution is -2.12. The summed E-state index contributed by atoms with van der Waals surface area (Å²) in [5.74, 6) is -0.0813.